The summed E-state index contributed by atoms with van der Waals surface area (Å²) in [5.74, 6) is 2.68. The maximum atomic E-state index is 5.40. The van der Waals surface area contributed by atoms with Gasteiger partial charge in [0.2, 0.25) is 0 Å². The van der Waals surface area contributed by atoms with E-state index >= 15 is 0 Å². The number of piperidine rings is 1. The van der Waals surface area contributed by atoms with Gasteiger partial charge < -0.3 is 9.64 Å². The Morgan fingerprint density at radius 2 is 2.10 bits per heavy atom. The van der Waals surface area contributed by atoms with Gasteiger partial charge >= 0.3 is 0 Å². The monoisotopic (exact) mass is 309 g/mol. The summed E-state index contributed by atoms with van der Waals surface area (Å²) in [7, 11) is 1.75. The van der Waals surface area contributed by atoms with E-state index in [2.05, 4.69) is 36.9 Å². The van der Waals surface area contributed by atoms with Gasteiger partial charge in [-0.1, -0.05) is 26.0 Å². The van der Waals surface area contributed by atoms with Gasteiger partial charge in [0.25, 0.3) is 0 Å². The van der Waals surface area contributed by atoms with Crippen molar-refractivity contribution in [1.29, 1.82) is 0 Å². The van der Waals surface area contributed by atoms with Crippen molar-refractivity contribution >= 4 is 12.4 Å². The zero-order valence-corrected chi connectivity index (χ0v) is 14.3. The predicted octanol–water partition coefficient (Wildman–Crippen LogP) is 4.13. The molecule has 0 N–H and O–H groups in total. The molecule has 1 aromatic rings. The Bertz CT molecular complexity index is 474. The molecule has 0 bridgehead atoms. The zero-order chi connectivity index (χ0) is 14.2. The molecule has 21 heavy (non-hydrogen) atoms. The van der Waals surface area contributed by atoms with Gasteiger partial charge in [0.15, 0.2) is 0 Å². The Balaban J connectivity index is 0.00000161. The first-order valence-corrected chi connectivity index (χ1v) is 7.98. The quantitative estimate of drug-likeness (QED) is 0.829. The molecule has 1 heterocycles. The van der Waals surface area contributed by atoms with E-state index in [0.717, 1.165) is 11.7 Å². The predicted molar refractivity (Wildman–Crippen MR) is 90.5 cm³/mol. The largest absolute Gasteiger partial charge is 0.497 e. The summed E-state index contributed by atoms with van der Waals surface area (Å²) in [6.45, 7) is 8.66. The van der Waals surface area contributed by atoms with Gasteiger partial charge in [-0.3, -0.25) is 0 Å². The first-order chi connectivity index (χ1) is 9.61. The molecule has 1 aliphatic carbocycles. The van der Waals surface area contributed by atoms with E-state index in [4.69, 9.17) is 4.74 Å². The van der Waals surface area contributed by atoms with Crippen LogP contribution in [-0.4, -0.2) is 31.6 Å². The van der Waals surface area contributed by atoms with Gasteiger partial charge in [0, 0.05) is 13.1 Å². The highest BCUT2D eigenvalue weighted by atomic mass is 35.5. The topological polar surface area (TPSA) is 12.5 Å². The highest BCUT2D eigenvalue weighted by Gasteiger charge is 2.39. The Morgan fingerprint density at radius 3 is 2.71 bits per heavy atom. The van der Waals surface area contributed by atoms with Gasteiger partial charge in [-0.25, -0.2) is 0 Å². The highest BCUT2D eigenvalue weighted by Crippen LogP contribution is 2.41. The molecule has 2 atom stereocenters. The molecule has 0 spiro atoms. The van der Waals surface area contributed by atoms with Crippen molar-refractivity contribution in [3.05, 3.63) is 29.8 Å². The van der Waals surface area contributed by atoms with Crippen LogP contribution in [0.15, 0.2) is 24.3 Å². The Labute approximate surface area is 135 Å². The zero-order valence-electron chi connectivity index (χ0n) is 13.5. The van der Waals surface area contributed by atoms with Gasteiger partial charge in [-0.2, -0.15) is 0 Å². The summed E-state index contributed by atoms with van der Waals surface area (Å²) in [4.78, 5) is 2.68. The average molecular weight is 310 g/mol. The van der Waals surface area contributed by atoms with Crippen molar-refractivity contribution in [3.8, 4) is 5.75 Å². The lowest BCUT2D eigenvalue weighted by Gasteiger charge is -2.45. The van der Waals surface area contributed by atoms with E-state index in [1.54, 1.807) is 7.11 Å². The highest BCUT2D eigenvalue weighted by molar-refractivity contribution is 5.85. The van der Waals surface area contributed by atoms with E-state index in [1.807, 2.05) is 6.07 Å². The lowest BCUT2D eigenvalue weighted by molar-refractivity contribution is 0.107. The second-order valence-electron chi connectivity index (χ2n) is 7.00. The number of likely N-dealkylation sites (tertiary alicyclic amines) is 1. The molecule has 2 nitrogen and oxygen atoms in total. The third-order valence-electron chi connectivity index (χ3n) is 5.51. The normalized spacial score (nSPS) is 29.8. The minimum atomic E-state index is 0. The minimum absolute atomic E-state index is 0. The number of hydrogen-bond donors (Lipinski definition) is 0. The van der Waals surface area contributed by atoms with Crippen molar-refractivity contribution in [2.24, 2.45) is 11.8 Å². The van der Waals surface area contributed by atoms with Crippen LogP contribution in [-0.2, 0) is 5.41 Å². The number of halogens is 1. The second-order valence-corrected chi connectivity index (χ2v) is 7.00. The molecule has 2 fully saturated rings. The molecular weight excluding hydrogens is 282 g/mol. The lowest BCUT2D eigenvalue weighted by Crippen LogP contribution is -2.47. The fourth-order valence-electron chi connectivity index (χ4n) is 3.56. The van der Waals surface area contributed by atoms with Gasteiger partial charge in [0.1, 0.15) is 5.75 Å². The average Bonchev–Trinajstić information content (AvgIpc) is 3.27. The number of methoxy groups -OCH3 is 1. The van der Waals surface area contributed by atoms with E-state index < -0.39 is 0 Å². The molecule has 2 aliphatic rings. The molecule has 1 aromatic carbocycles. The molecule has 0 amide bonds. The molecular formula is C18H28ClNO. The SMILES string of the molecule is COc1cccc([C@@]2(C)CCN(CC3CC3)C[C@@H]2C)c1.Cl. The molecule has 1 aliphatic heterocycles. The van der Waals surface area contributed by atoms with Crippen molar-refractivity contribution < 1.29 is 4.74 Å². The van der Waals surface area contributed by atoms with Crippen LogP contribution in [0.5, 0.6) is 5.75 Å². The van der Waals surface area contributed by atoms with Crippen molar-refractivity contribution in [2.45, 2.75) is 38.5 Å². The van der Waals surface area contributed by atoms with Crippen LogP contribution in [0.25, 0.3) is 0 Å². The molecule has 0 unspecified atom stereocenters. The molecule has 0 aromatic heterocycles. The van der Waals surface area contributed by atoms with Crippen LogP contribution < -0.4 is 4.74 Å². The van der Waals surface area contributed by atoms with Gasteiger partial charge in [-0.05, 0) is 60.8 Å². The van der Waals surface area contributed by atoms with Crippen LogP contribution >= 0.6 is 12.4 Å². The van der Waals surface area contributed by atoms with Gasteiger partial charge in [-0.15, -0.1) is 12.4 Å². The fraction of sp³-hybridized carbons (Fsp3) is 0.667. The van der Waals surface area contributed by atoms with Crippen molar-refractivity contribution in [2.75, 3.05) is 26.7 Å². The summed E-state index contributed by atoms with van der Waals surface area (Å²) in [6.07, 6.45) is 4.17. The lowest BCUT2D eigenvalue weighted by atomic mass is 9.68. The first kappa shape index (κ1) is 16.6. The maximum Gasteiger partial charge on any atom is 0.119 e. The van der Waals surface area contributed by atoms with Crippen LogP contribution in [0.2, 0.25) is 0 Å². The molecule has 3 heteroatoms. The summed E-state index contributed by atoms with van der Waals surface area (Å²) in [5.41, 5.74) is 1.73. The maximum absolute atomic E-state index is 5.40. The van der Waals surface area contributed by atoms with E-state index in [9.17, 15) is 0 Å². The molecule has 118 valence electrons. The number of benzene rings is 1. The van der Waals surface area contributed by atoms with E-state index in [0.29, 0.717) is 5.92 Å². The van der Waals surface area contributed by atoms with Crippen LogP contribution in [0, 0.1) is 11.8 Å². The van der Waals surface area contributed by atoms with Crippen LogP contribution in [0.3, 0.4) is 0 Å². The van der Waals surface area contributed by atoms with Crippen LogP contribution in [0.4, 0.5) is 0 Å². The second kappa shape index (κ2) is 6.58. The number of nitrogens with zero attached hydrogens (tertiary/aromatic N) is 1. The molecule has 1 saturated carbocycles. The van der Waals surface area contributed by atoms with Crippen molar-refractivity contribution in [1.82, 2.24) is 4.90 Å². The van der Waals surface area contributed by atoms with Gasteiger partial charge in [0.05, 0.1) is 7.11 Å². The summed E-state index contributed by atoms with van der Waals surface area (Å²) >= 11 is 0. The Hall–Kier alpha value is -0.730. The Morgan fingerprint density at radius 1 is 1.33 bits per heavy atom. The first-order valence-electron chi connectivity index (χ1n) is 7.98. The third kappa shape index (κ3) is 3.54. The molecule has 1 saturated heterocycles. The standard InChI is InChI=1S/C18H27NO.ClH/c1-14-12-19(13-15-7-8-15)10-9-18(14,2)16-5-4-6-17(11-16)20-3;/h4-6,11,14-15H,7-10,12-13H2,1-3H3;1H/t14-,18-;/m0./s1. The summed E-state index contributed by atoms with van der Waals surface area (Å²) in [6, 6.07) is 8.67. The minimum Gasteiger partial charge on any atom is -0.497 e. The number of ether oxygens (including phenoxy) is 1. The molecule has 3 rings (SSSR count). The van der Waals surface area contributed by atoms with E-state index in [-0.39, 0.29) is 17.8 Å². The summed E-state index contributed by atoms with van der Waals surface area (Å²) < 4.78 is 5.40. The number of rotatable bonds is 4. The smallest absolute Gasteiger partial charge is 0.119 e. The fourth-order valence-corrected chi connectivity index (χ4v) is 3.56. The van der Waals surface area contributed by atoms with E-state index in [1.165, 1.54) is 44.5 Å². The molecule has 0 radical (unpaired) electrons. The third-order valence-corrected chi connectivity index (χ3v) is 5.51. The summed E-state index contributed by atoms with van der Waals surface area (Å²) in [5, 5.41) is 0. The number of hydrogen-bond acceptors (Lipinski definition) is 2. The Kier molecular flexibility index (Phi) is 5.21. The van der Waals surface area contributed by atoms with Crippen LogP contribution in [0.1, 0.15) is 38.7 Å². The van der Waals surface area contributed by atoms with Crippen molar-refractivity contribution in [3.63, 3.8) is 0 Å².